The van der Waals surface area contributed by atoms with Gasteiger partial charge in [-0.2, -0.15) is 0 Å². The zero-order chi connectivity index (χ0) is 14.8. The van der Waals surface area contributed by atoms with Gasteiger partial charge in [-0.05, 0) is 62.1 Å². The van der Waals surface area contributed by atoms with E-state index in [9.17, 15) is 8.78 Å². The largest absolute Gasteiger partial charge is 0.313 e. The van der Waals surface area contributed by atoms with Crippen LogP contribution in [-0.4, -0.2) is 12.6 Å². The van der Waals surface area contributed by atoms with Crippen LogP contribution in [0.4, 0.5) is 8.78 Å². The summed E-state index contributed by atoms with van der Waals surface area (Å²) in [6, 6.07) is 4.41. The third-order valence-electron chi connectivity index (χ3n) is 5.33. The second-order valence-corrected chi connectivity index (χ2v) is 6.65. The molecule has 3 unspecified atom stereocenters. The van der Waals surface area contributed by atoms with Crippen LogP contribution in [0.3, 0.4) is 0 Å². The standard InChI is InChI=1S/C18H25F2N/c1-2-10-21-17(18-12-6-3-4-7-13(12)18)11-14-15(19)8-5-9-16(14)20/h5,8-9,12-13,17-18,21H,2-4,6-7,10-11H2,1H3. The Morgan fingerprint density at radius 1 is 1.14 bits per heavy atom. The first kappa shape index (κ1) is 15.0. The Bertz CT molecular complexity index is 456. The second kappa shape index (κ2) is 6.43. The van der Waals surface area contributed by atoms with Crippen molar-refractivity contribution in [3.05, 3.63) is 35.4 Å². The van der Waals surface area contributed by atoms with Gasteiger partial charge in [-0.25, -0.2) is 8.78 Å². The van der Waals surface area contributed by atoms with E-state index in [1.807, 2.05) is 0 Å². The molecule has 1 aromatic carbocycles. The Balaban J connectivity index is 1.74. The van der Waals surface area contributed by atoms with Crippen molar-refractivity contribution >= 4 is 0 Å². The summed E-state index contributed by atoms with van der Waals surface area (Å²) < 4.78 is 27.8. The van der Waals surface area contributed by atoms with Crippen molar-refractivity contribution in [1.82, 2.24) is 5.32 Å². The first-order valence-electron chi connectivity index (χ1n) is 8.38. The molecule has 116 valence electrons. The molecule has 1 N–H and O–H groups in total. The fourth-order valence-corrected chi connectivity index (χ4v) is 4.27. The van der Waals surface area contributed by atoms with Gasteiger partial charge >= 0.3 is 0 Å². The molecule has 0 heterocycles. The van der Waals surface area contributed by atoms with Crippen LogP contribution in [-0.2, 0) is 6.42 Å². The van der Waals surface area contributed by atoms with E-state index in [1.54, 1.807) is 0 Å². The number of hydrogen-bond acceptors (Lipinski definition) is 1. The van der Waals surface area contributed by atoms with E-state index in [2.05, 4.69) is 12.2 Å². The van der Waals surface area contributed by atoms with Crippen LogP contribution in [0, 0.1) is 29.4 Å². The normalized spacial score (nSPS) is 29.0. The van der Waals surface area contributed by atoms with E-state index in [0.717, 1.165) is 24.8 Å². The Morgan fingerprint density at radius 3 is 2.33 bits per heavy atom. The first-order chi connectivity index (χ1) is 10.2. The van der Waals surface area contributed by atoms with Gasteiger partial charge in [0.2, 0.25) is 0 Å². The fraction of sp³-hybridized carbons (Fsp3) is 0.667. The zero-order valence-electron chi connectivity index (χ0n) is 12.7. The molecule has 3 rings (SSSR count). The van der Waals surface area contributed by atoms with Crippen molar-refractivity contribution in [2.75, 3.05) is 6.54 Å². The molecule has 0 amide bonds. The molecular formula is C18H25F2N. The number of fused-ring (bicyclic) bond motifs is 1. The Kier molecular flexibility index (Phi) is 4.58. The van der Waals surface area contributed by atoms with Gasteiger partial charge in [0.1, 0.15) is 11.6 Å². The highest BCUT2D eigenvalue weighted by Crippen LogP contribution is 2.57. The van der Waals surface area contributed by atoms with E-state index in [1.165, 1.54) is 43.9 Å². The SMILES string of the molecule is CCCNC(Cc1c(F)cccc1F)C1C2CCCCC21. The molecule has 2 aliphatic rings. The fourth-order valence-electron chi connectivity index (χ4n) is 4.27. The molecule has 1 aromatic rings. The molecule has 0 radical (unpaired) electrons. The maximum Gasteiger partial charge on any atom is 0.129 e. The predicted octanol–water partition coefficient (Wildman–Crippen LogP) is 4.31. The van der Waals surface area contributed by atoms with Crippen molar-refractivity contribution in [2.24, 2.45) is 17.8 Å². The maximum atomic E-state index is 13.9. The summed E-state index contributed by atoms with van der Waals surface area (Å²) in [4.78, 5) is 0. The van der Waals surface area contributed by atoms with E-state index in [0.29, 0.717) is 12.3 Å². The summed E-state index contributed by atoms with van der Waals surface area (Å²) in [5, 5.41) is 3.56. The third-order valence-corrected chi connectivity index (χ3v) is 5.33. The van der Waals surface area contributed by atoms with E-state index >= 15 is 0 Å². The molecule has 0 aliphatic heterocycles. The average molecular weight is 293 g/mol. The third kappa shape index (κ3) is 3.13. The van der Waals surface area contributed by atoms with Crippen molar-refractivity contribution in [3.63, 3.8) is 0 Å². The van der Waals surface area contributed by atoms with Gasteiger partial charge in [0, 0.05) is 11.6 Å². The average Bonchev–Trinajstić information content (AvgIpc) is 3.21. The summed E-state index contributed by atoms with van der Waals surface area (Å²) in [5.41, 5.74) is 0.259. The molecule has 0 saturated heterocycles. The number of halogens is 2. The second-order valence-electron chi connectivity index (χ2n) is 6.65. The van der Waals surface area contributed by atoms with Gasteiger partial charge in [-0.15, -0.1) is 0 Å². The summed E-state index contributed by atoms with van der Waals surface area (Å²) in [7, 11) is 0. The van der Waals surface area contributed by atoms with Gasteiger partial charge in [0.25, 0.3) is 0 Å². The highest BCUT2D eigenvalue weighted by atomic mass is 19.1. The molecule has 21 heavy (non-hydrogen) atoms. The quantitative estimate of drug-likeness (QED) is 0.824. The topological polar surface area (TPSA) is 12.0 Å². The van der Waals surface area contributed by atoms with Crippen LogP contribution in [0.25, 0.3) is 0 Å². The Labute approximate surface area is 126 Å². The molecule has 0 spiro atoms. The van der Waals surface area contributed by atoms with Crippen molar-refractivity contribution < 1.29 is 8.78 Å². The predicted molar refractivity (Wildman–Crippen MR) is 81.1 cm³/mol. The Hall–Kier alpha value is -0.960. The van der Waals surface area contributed by atoms with E-state index in [4.69, 9.17) is 0 Å². The van der Waals surface area contributed by atoms with Gasteiger partial charge in [0.05, 0.1) is 0 Å². The lowest BCUT2D eigenvalue weighted by Crippen LogP contribution is -2.35. The van der Waals surface area contributed by atoms with Gasteiger partial charge in [-0.1, -0.05) is 25.8 Å². The van der Waals surface area contributed by atoms with Crippen LogP contribution in [0.1, 0.15) is 44.6 Å². The zero-order valence-corrected chi connectivity index (χ0v) is 12.7. The van der Waals surface area contributed by atoms with Crippen molar-refractivity contribution in [1.29, 1.82) is 0 Å². The van der Waals surface area contributed by atoms with Crippen molar-refractivity contribution in [2.45, 2.75) is 51.5 Å². The molecule has 2 aliphatic carbocycles. The Morgan fingerprint density at radius 2 is 1.76 bits per heavy atom. The number of rotatable bonds is 6. The molecule has 3 atom stereocenters. The highest BCUT2D eigenvalue weighted by Gasteiger charge is 2.53. The smallest absolute Gasteiger partial charge is 0.129 e. The lowest BCUT2D eigenvalue weighted by molar-refractivity contribution is 0.413. The van der Waals surface area contributed by atoms with Gasteiger partial charge < -0.3 is 5.32 Å². The number of benzene rings is 1. The molecular weight excluding hydrogens is 268 g/mol. The molecule has 1 nitrogen and oxygen atoms in total. The minimum atomic E-state index is -0.401. The molecule has 2 fully saturated rings. The minimum absolute atomic E-state index is 0.226. The lowest BCUT2D eigenvalue weighted by atomic mass is 9.98. The molecule has 2 saturated carbocycles. The molecule has 0 bridgehead atoms. The van der Waals surface area contributed by atoms with Crippen LogP contribution < -0.4 is 5.32 Å². The van der Waals surface area contributed by atoms with Crippen LogP contribution in [0.15, 0.2) is 18.2 Å². The van der Waals surface area contributed by atoms with Gasteiger partial charge in [-0.3, -0.25) is 0 Å². The number of nitrogens with one attached hydrogen (secondary N) is 1. The lowest BCUT2D eigenvalue weighted by Gasteiger charge is -2.20. The van der Waals surface area contributed by atoms with E-state index in [-0.39, 0.29) is 11.6 Å². The summed E-state index contributed by atoms with van der Waals surface area (Å²) in [6.07, 6.45) is 6.80. The summed E-state index contributed by atoms with van der Waals surface area (Å²) in [5.74, 6) is 1.41. The van der Waals surface area contributed by atoms with Crippen molar-refractivity contribution in [3.8, 4) is 0 Å². The minimum Gasteiger partial charge on any atom is -0.313 e. The number of hydrogen-bond donors (Lipinski definition) is 1. The summed E-state index contributed by atoms with van der Waals surface area (Å²) in [6.45, 7) is 3.06. The van der Waals surface area contributed by atoms with Crippen LogP contribution in [0.2, 0.25) is 0 Å². The highest BCUT2D eigenvalue weighted by molar-refractivity contribution is 5.22. The summed E-state index contributed by atoms with van der Waals surface area (Å²) >= 11 is 0. The van der Waals surface area contributed by atoms with Crippen LogP contribution >= 0.6 is 0 Å². The monoisotopic (exact) mass is 293 g/mol. The maximum absolute atomic E-state index is 13.9. The van der Waals surface area contributed by atoms with E-state index < -0.39 is 11.6 Å². The first-order valence-corrected chi connectivity index (χ1v) is 8.38. The van der Waals surface area contributed by atoms with Crippen LogP contribution in [0.5, 0.6) is 0 Å². The molecule has 0 aromatic heterocycles. The molecule has 3 heteroatoms. The van der Waals surface area contributed by atoms with Gasteiger partial charge in [0.15, 0.2) is 0 Å².